The molecule has 2 aliphatic rings. The number of nitrogens with zero attached hydrogens (tertiary/aromatic N) is 2. The van der Waals surface area contributed by atoms with E-state index in [0.717, 1.165) is 18.5 Å². The first-order valence-corrected chi connectivity index (χ1v) is 11.0. The van der Waals surface area contributed by atoms with Gasteiger partial charge in [0.05, 0.1) is 18.2 Å². The predicted octanol–water partition coefficient (Wildman–Crippen LogP) is 4.79. The molecule has 0 saturated carbocycles. The molecular weight excluding hydrogens is 437 g/mol. The molecule has 1 saturated heterocycles. The number of ether oxygens (including phenoxy) is 1. The highest BCUT2D eigenvalue weighted by molar-refractivity contribution is 6.36. The summed E-state index contributed by atoms with van der Waals surface area (Å²) in [4.78, 5) is 29.0. The minimum absolute atomic E-state index is 0.115. The summed E-state index contributed by atoms with van der Waals surface area (Å²) >= 11 is 12.8. The third-order valence-electron chi connectivity index (χ3n) is 5.77. The fourth-order valence-electron chi connectivity index (χ4n) is 4.44. The summed E-state index contributed by atoms with van der Waals surface area (Å²) < 4.78 is 5.71. The van der Waals surface area contributed by atoms with E-state index in [1.807, 2.05) is 44.4 Å². The van der Waals surface area contributed by atoms with Crippen LogP contribution in [0.5, 0.6) is 0 Å². The van der Waals surface area contributed by atoms with E-state index in [1.54, 1.807) is 17.0 Å². The van der Waals surface area contributed by atoms with E-state index in [1.165, 1.54) is 0 Å². The van der Waals surface area contributed by atoms with Crippen LogP contribution in [0, 0.1) is 0 Å². The van der Waals surface area contributed by atoms with Crippen LogP contribution < -0.4 is 10.2 Å². The Balaban J connectivity index is 1.63. The van der Waals surface area contributed by atoms with Gasteiger partial charge in [0.15, 0.2) is 5.72 Å². The van der Waals surface area contributed by atoms with Gasteiger partial charge < -0.3 is 15.0 Å². The van der Waals surface area contributed by atoms with Crippen molar-refractivity contribution >= 4 is 40.9 Å². The van der Waals surface area contributed by atoms with E-state index < -0.39 is 11.8 Å². The van der Waals surface area contributed by atoms with Gasteiger partial charge in [-0.15, -0.1) is 0 Å². The molecule has 0 aliphatic carbocycles. The lowest BCUT2D eigenvalue weighted by Crippen LogP contribution is -2.69. The number of hydrogen-bond donors (Lipinski definition) is 1. The van der Waals surface area contributed by atoms with Gasteiger partial charge in [0.1, 0.15) is 0 Å². The number of carbonyl (C=O) groups is 2. The highest BCUT2D eigenvalue weighted by Gasteiger charge is 2.59. The molecule has 1 N–H and O–H groups in total. The summed E-state index contributed by atoms with van der Waals surface area (Å²) in [6.45, 7) is 0.862. The lowest BCUT2D eigenvalue weighted by atomic mass is 9.84. The summed E-state index contributed by atoms with van der Waals surface area (Å²) in [6.07, 6.45) is 1.76. The number of hydrogen-bond acceptors (Lipinski definition) is 4. The Bertz CT molecular complexity index is 999. The molecule has 2 aromatic carbocycles. The van der Waals surface area contributed by atoms with Crippen LogP contribution in [0.15, 0.2) is 42.5 Å². The molecule has 0 aromatic heterocycles. The SMILES string of the molecule is CN(C)CCCC12C[C@H](NC(=O)Cc3ccccc3)c3c(Cl)cc(Cl)cc3N1C(=O)O2. The fourth-order valence-corrected chi connectivity index (χ4v) is 5.05. The monoisotopic (exact) mass is 461 g/mol. The Morgan fingerprint density at radius 2 is 2.00 bits per heavy atom. The van der Waals surface area contributed by atoms with E-state index in [2.05, 4.69) is 10.2 Å². The van der Waals surface area contributed by atoms with Crippen molar-refractivity contribution in [2.24, 2.45) is 0 Å². The van der Waals surface area contributed by atoms with Gasteiger partial charge in [-0.05, 0) is 44.8 Å². The molecule has 0 bridgehead atoms. The molecule has 31 heavy (non-hydrogen) atoms. The van der Waals surface area contributed by atoms with Gasteiger partial charge in [0, 0.05) is 28.5 Å². The first-order valence-electron chi connectivity index (χ1n) is 10.3. The van der Waals surface area contributed by atoms with Crippen LogP contribution >= 0.6 is 23.2 Å². The standard InChI is InChI=1S/C23H25Cl2N3O3/c1-27(2)10-6-9-23-14-18(26-20(29)11-15-7-4-3-5-8-15)21-17(25)12-16(24)13-19(21)28(23)22(30)31-23/h3-5,7-8,12-13,18H,6,9-11,14H2,1-2H3,(H,26,29)/t18-,23?/m0/s1. The van der Waals surface area contributed by atoms with Crippen molar-refractivity contribution in [3.05, 3.63) is 63.6 Å². The van der Waals surface area contributed by atoms with Crippen LogP contribution in [0.25, 0.3) is 0 Å². The molecule has 2 aliphatic heterocycles. The first-order chi connectivity index (χ1) is 14.8. The number of amides is 2. The summed E-state index contributed by atoms with van der Waals surface area (Å²) in [5, 5.41) is 3.97. The molecule has 0 spiro atoms. The maximum absolute atomic E-state index is 12.8. The smallest absolute Gasteiger partial charge is 0.419 e. The fraction of sp³-hybridized carbons (Fsp3) is 0.391. The van der Waals surface area contributed by atoms with Gasteiger partial charge in [0.25, 0.3) is 0 Å². The van der Waals surface area contributed by atoms with Gasteiger partial charge in [0.2, 0.25) is 5.91 Å². The van der Waals surface area contributed by atoms with Crippen molar-refractivity contribution in [1.82, 2.24) is 10.2 Å². The topological polar surface area (TPSA) is 61.9 Å². The number of halogens is 2. The first kappa shape index (κ1) is 21.9. The van der Waals surface area contributed by atoms with E-state index in [4.69, 9.17) is 27.9 Å². The van der Waals surface area contributed by atoms with Crippen molar-refractivity contribution in [3.63, 3.8) is 0 Å². The summed E-state index contributed by atoms with van der Waals surface area (Å²) in [5.41, 5.74) is 1.43. The highest BCUT2D eigenvalue weighted by Crippen LogP contribution is 2.53. The summed E-state index contributed by atoms with van der Waals surface area (Å²) in [6, 6.07) is 12.5. The van der Waals surface area contributed by atoms with Crippen molar-refractivity contribution in [2.45, 2.75) is 37.5 Å². The summed E-state index contributed by atoms with van der Waals surface area (Å²) in [5.74, 6) is -0.115. The molecular formula is C23H25Cl2N3O3. The average molecular weight is 462 g/mol. The molecule has 1 fully saturated rings. The molecule has 2 atom stereocenters. The van der Waals surface area contributed by atoms with Crippen LogP contribution in [-0.2, 0) is 16.0 Å². The Morgan fingerprint density at radius 3 is 2.68 bits per heavy atom. The summed E-state index contributed by atoms with van der Waals surface area (Å²) in [7, 11) is 4.01. The van der Waals surface area contributed by atoms with Crippen LogP contribution in [-0.4, -0.2) is 43.3 Å². The Kier molecular flexibility index (Phi) is 6.15. The van der Waals surface area contributed by atoms with Gasteiger partial charge in [-0.2, -0.15) is 0 Å². The zero-order chi connectivity index (χ0) is 22.2. The van der Waals surface area contributed by atoms with Crippen molar-refractivity contribution in [3.8, 4) is 0 Å². The van der Waals surface area contributed by atoms with Crippen LogP contribution in [0.3, 0.4) is 0 Å². The zero-order valence-corrected chi connectivity index (χ0v) is 19.0. The van der Waals surface area contributed by atoms with Gasteiger partial charge in [-0.25, -0.2) is 9.69 Å². The van der Waals surface area contributed by atoms with Crippen LogP contribution in [0.1, 0.15) is 36.4 Å². The van der Waals surface area contributed by atoms with Crippen LogP contribution in [0.4, 0.5) is 10.5 Å². The zero-order valence-electron chi connectivity index (χ0n) is 17.5. The second kappa shape index (κ2) is 8.69. The number of nitrogens with one attached hydrogen (secondary N) is 1. The second-order valence-corrected chi connectivity index (χ2v) is 9.21. The maximum Gasteiger partial charge on any atom is 0.419 e. The van der Waals surface area contributed by atoms with Gasteiger partial charge >= 0.3 is 6.09 Å². The van der Waals surface area contributed by atoms with E-state index in [9.17, 15) is 9.59 Å². The van der Waals surface area contributed by atoms with E-state index in [-0.39, 0.29) is 18.4 Å². The van der Waals surface area contributed by atoms with E-state index >= 15 is 0 Å². The minimum Gasteiger partial charge on any atom is -0.422 e. The Labute approximate surface area is 192 Å². The molecule has 4 rings (SSSR count). The molecule has 2 amide bonds. The number of rotatable bonds is 7. The van der Waals surface area contributed by atoms with Gasteiger partial charge in [-0.1, -0.05) is 53.5 Å². The Morgan fingerprint density at radius 1 is 1.26 bits per heavy atom. The van der Waals surface area contributed by atoms with Crippen molar-refractivity contribution in [2.75, 3.05) is 25.5 Å². The largest absolute Gasteiger partial charge is 0.422 e. The average Bonchev–Trinajstić information content (AvgIpc) is 2.66. The molecule has 2 heterocycles. The normalized spacial score (nSPS) is 21.8. The number of benzene rings is 2. The minimum atomic E-state index is -0.807. The number of carbonyl (C=O) groups excluding carboxylic acids is 2. The molecule has 2 aromatic rings. The molecule has 0 radical (unpaired) electrons. The van der Waals surface area contributed by atoms with E-state index in [0.29, 0.717) is 34.1 Å². The maximum atomic E-state index is 12.8. The molecule has 6 nitrogen and oxygen atoms in total. The molecule has 1 unspecified atom stereocenters. The number of anilines is 1. The third kappa shape index (κ3) is 4.38. The highest BCUT2D eigenvalue weighted by atomic mass is 35.5. The van der Waals surface area contributed by atoms with Crippen molar-refractivity contribution in [1.29, 1.82) is 0 Å². The quantitative estimate of drug-likeness (QED) is 0.643. The van der Waals surface area contributed by atoms with Gasteiger partial charge in [-0.3, -0.25) is 4.79 Å². The molecule has 164 valence electrons. The predicted molar refractivity (Wildman–Crippen MR) is 122 cm³/mol. The van der Waals surface area contributed by atoms with Crippen LogP contribution in [0.2, 0.25) is 10.0 Å². The third-order valence-corrected chi connectivity index (χ3v) is 6.30. The lowest BCUT2D eigenvalue weighted by molar-refractivity contribution is -0.122. The Hall–Kier alpha value is -2.28. The second-order valence-electron chi connectivity index (χ2n) is 8.36. The number of fused-ring (bicyclic) bond motifs is 3. The molecule has 8 heteroatoms. The van der Waals surface area contributed by atoms with Crippen molar-refractivity contribution < 1.29 is 14.3 Å². The lowest BCUT2D eigenvalue weighted by Gasteiger charge is -2.56.